The number of para-hydroxylation sites is 1. The average molecular weight is 562 g/mol. The third-order valence-corrected chi connectivity index (χ3v) is 8.43. The van der Waals surface area contributed by atoms with Crippen molar-refractivity contribution in [1.29, 1.82) is 0 Å². The van der Waals surface area contributed by atoms with Crippen LogP contribution in [-0.4, -0.2) is 51.3 Å². The second kappa shape index (κ2) is 12.2. The molecule has 1 saturated heterocycles. The molecule has 4 heterocycles. The number of fused-ring (bicyclic) bond motifs is 2. The third-order valence-electron chi connectivity index (χ3n) is 7.03. The summed E-state index contributed by atoms with van der Waals surface area (Å²) in [6.07, 6.45) is 4.87. The molecule has 0 amide bonds. The van der Waals surface area contributed by atoms with Gasteiger partial charge in [0.15, 0.2) is 0 Å². The first-order chi connectivity index (χ1) is 19.3. The van der Waals surface area contributed by atoms with E-state index in [1.54, 1.807) is 0 Å². The summed E-state index contributed by atoms with van der Waals surface area (Å²) in [5.41, 5.74) is 5.90. The van der Waals surface area contributed by atoms with Gasteiger partial charge in [-0.05, 0) is 43.5 Å². The minimum absolute atomic E-state index is 0.478. The van der Waals surface area contributed by atoms with Gasteiger partial charge in [0, 0.05) is 42.7 Å². The zero-order valence-corrected chi connectivity index (χ0v) is 25.0. The van der Waals surface area contributed by atoms with Crippen LogP contribution in [0.5, 0.6) is 0 Å². The molecule has 0 saturated carbocycles. The lowest BCUT2D eigenvalue weighted by Crippen LogP contribution is -2.41. The summed E-state index contributed by atoms with van der Waals surface area (Å²) in [4.78, 5) is 6.81. The van der Waals surface area contributed by atoms with Gasteiger partial charge in [-0.1, -0.05) is 58.0 Å². The summed E-state index contributed by atoms with van der Waals surface area (Å²) in [6.45, 7) is 11.3. The van der Waals surface area contributed by atoms with Crippen LogP contribution >= 0.6 is 0 Å². The number of primary sulfonamides is 1. The van der Waals surface area contributed by atoms with Crippen LogP contribution < -0.4 is 10.0 Å². The molecule has 1 aliphatic rings. The predicted octanol–water partition coefficient (Wildman–Crippen LogP) is 5.59. The fraction of sp³-hybridized carbons (Fsp3) is 0.367. The first-order valence-corrected chi connectivity index (χ1v) is 15.5. The number of nitrogens with two attached hydrogens (primary N) is 1. The molecule has 2 aromatic carbocycles. The van der Waals surface area contributed by atoms with Gasteiger partial charge in [0.25, 0.3) is 0 Å². The number of rotatable bonds is 4. The van der Waals surface area contributed by atoms with Gasteiger partial charge in [-0.3, -0.25) is 4.68 Å². The third kappa shape index (κ3) is 5.59. The smallest absolute Gasteiger partial charge is 0.212 e. The van der Waals surface area contributed by atoms with E-state index in [-0.39, 0.29) is 0 Å². The van der Waals surface area contributed by atoms with Gasteiger partial charge in [0.1, 0.15) is 11.5 Å². The van der Waals surface area contributed by atoms with E-state index in [0.717, 1.165) is 50.1 Å². The van der Waals surface area contributed by atoms with E-state index in [1.807, 2.05) is 80.8 Å². The number of nitrogens with zero attached hydrogens (tertiary/aromatic N) is 6. The SMILES string of the molecule is CC.CC.Cc1cccc2c(-c3cccc4nn(C)cc34)nn(-c3ccc(N4CCC(S(N)(=O)=O)CC4)nc3)c12. The van der Waals surface area contributed by atoms with Crippen molar-refractivity contribution in [3.05, 3.63) is 66.5 Å². The van der Waals surface area contributed by atoms with Crippen LogP contribution in [0, 0.1) is 6.92 Å². The standard InChI is InChI=1S/C26H27N7O2S.2C2H6/c1-17-5-3-7-21-25(20-6-4-8-23-22(20)16-31(2)29-23)30-33(26(17)21)18-9-10-24(28-15-18)32-13-11-19(12-14-32)36(27,34)35;2*1-2/h3-10,15-16,19H,11-14H2,1-2H3,(H2,27,34,35);2*1-2H3. The fourth-order valence-corrected chi connectivity index (χ4v) is 6.06. The highest BCUT2D eigenvalue weighted by Gasteiger charge is 2.28. The monoisotopic (exact) mass is 561 g/mol. The summed E-state index contributed by atoms with van der Waals surface area (Å²) in [6, 6.07) is 16.4. The Kier molecular flexibility index (Phi) is 8.90. The summed E-state index contributed by atoms with van der Waals surface area (Å²) in [7, 11) is -1.57. The number of hydrogen-bond donors (Lipinski definition) is 1. The maximum Gasteiger partial charge on any atom is 0.212 e. The van der Waals surface area contributed by atoms with Gasteiger partial charge in [0.2, 0.25) is 10.0 Å². The zero-order chi connectivity index (χ0) is 29.0. The molecular formula is C30H39N7O2S. The van der Waals surface area contributed by atoms with Crippen molar-refractivity contribution in [2.24, 2.45) is 12.2 Å². The number of sulfonamides is 1. The van der Waals surface area contributed by atoms with Crippen LogP contribution in [0.15, 0.2) is 60.9 Å². The van der Waals surface area contributed by atoms with Crippen LogP contribution in [0.4, 0.5) is 5.82 Å². The summed E-state index contributed by atoms with van der Waals surface area (Å²) in [5, 5.41) is 16.6. The molecule has 3 aromatic heterocycles. The Morgan fingerprint density at radius 1 is 0.900 bits per heavy atom. The quantitative estimate of drug-likeness (QED) is 0.306. The Labute approximate surface area is 236 Å². The summed E-state index contributed by atoms with van der Waals surface area (Å²) in [5.74, 6) is 0.820. The van der Waals surface area contributed by atoms with Crippen LogP contribution in [0.3, 0.4) is 0 Å². The molecule has 9 nitrogen and oxygen atoms in total. The molecule has 40 heavy (non-hydrogen) atoms. The number of hydrogen-bond acceptors (Lipinski definition) is 6. The largest absolute Gasteiger partial charge is 0.357 e. The van der Waals surface area contributed by atoms with E-state index in [9.17, 15) is 8.42 Å². The number of aromatic nitrogens is 5. The highest BCUT2D eigenvalue weighted by molar-refractivity contribution is 7.89. The number of aryl methyl sites for hydroxylation is 2. The number of benzene rings is 2. The Hall–Kier alpha value is -3.76. The molecule has 0 unspecified atom stereocenters. The van der Waals surface area contributed by atoms with E-state index in [4.69, 9.17) is 15.2 Å². The number of anilines is 1. The summed E-state index contributed by atoms with van der Waals surface area (Å²) < 4.78 is 27.1. The molecule has 1 aliphatic heterocycles. The van der Waals surface area contributed by atoms with Crippen molar-refractivity contribution in [2.45, 2.75) is 52.7 Å². The van der Waals surface area contributed by atoms with E-state index in [1.165, 1.54) is 0 Å². The Morgan fingerprint density at radius 2 is 1.60 bits per heavy atom. The van der Waals surface area contributed by atoms with Gasteiger partial charge in [-0.25, -0.2) is 23.2 Å². The topological polar surface area (TPSA) is 112 Å². The lowest BCUT2D eigenvalue weighted by molar-refractivity contribution is 0.529. The number of pyridine rings is 1. The van der Waals surface area contributed by atoms with Gasteiger partial charge >= 0.3 is 0 Å². The lowest BCUT2D eigenvalue weighted by atomic mass is 10.0. The van der Waals surface area contributed by atoms with E-state index >= 15 is 0 Å². The van der Waals surface area contributed by atoms with Crippen molar-refractivity contribution >= 4 is 37.6 Å². The van der Waals surface area contributed by atoms with Gasteiger partial charge in [-0.2, -0.15) is 10.2 Å². The molecule has 10 heteroatoms. The molecule has 0 bridgehead atoms. The predicted molar refractivity (Wildman–Crippen MR) is 164 cm³/mol. The maximum atomic E-state index is 11.7. The molecule has 2 N–H and O–H groups in total. The van der Waals surface area contributed by atoms with Crippen molar-refractivity contribution in [3.8, 4) is 16.9 Å². The Bertz CT molecular complexity index is 1700. The highest BCUT2D eigenvalue weighted by Crippen LogP contribution is 2.35. The molecule has 0 spiro atoms. The van der Waals surface area contributed by atoms with Crippen molar-refractivity contribution < 1.29 is 8.42 Å². The molecule has 212 valence electrons. The first-order valence-electron chi connectivity index (χ1n) is 13.9. The van der Waals surface area contributed by atoms with Gasteiger partial charge < -0.3 is 4.90 Å². The van der Waals surface area contributed by atoms with Crippen LogP contribution in [-0.2, 0) is 17.1 Å². The lowest BCUT2D eigenvalue weighted by Gasteiger charge is -2.31. The van der Waals surface area contributed by atoms with Crippen molar-refractivity contribution in [3.63, 3.8) is 0 Å². The minimum atomic E-state index is -3.50. The Balaban J connectivity index is 0.000000886. The molecule has 0 aliphatic carbocycles. The Morgan fingerprint density at radius 3 is 2.25 bits per heavy atom. The van der Waals surface area contributed by atoms with E-state index in [0.29, 0.717) is 25.9 Å². The van der Waals surface area contributed by atoms with Crippen LogP contribution in [0.1, 0.15) is 46.1 Å². The zero-order valence-electron chi connectivity index (χ0n) is 24.2. The van der Waals surface area contributed by atoms with Crippen molar-refractivity contribution in [2.75, 3.05) is 18.0 Å². The summed E-state index contributed by atoms with van der Waals surface area (Å²) >= 11 is 0. The minimum Gasteiger partial charge on any atom is -0.357 e. The average Bonchev–Trinajstić information content (AvgIpc) is 3.56. The van der Waals surface area contributed by atoms with E-state index in [2.05, 4.69) is 41.2 Å². The molecule has 0 atom stereocenters. The van der Waals surface area contributed by atoms with Gasteiger partial charge in [0.05, 0.1) is 28.2 Å². The highest BCUT2D eigenvalue weighted by atomic mass is 32.2. The normalized spacial score (nSPS) is 14.0. The molecular weight excluding hydrogens is 522 g/mol. The fourth-order valence-electron chi connectivity index (χ4n) is 5.19. The van der Waals surface area contributed by atoms with E-state index < -0.39 is 15.3 Å². The molecule has 0 radical (unpaired) electrons. The maximum absolute atomic E-state index is 11.7. The molecule has 1 fully saturated rings. The number of piperidine rings is 1. The second-order valence-corrected chi connectivity index (χ2v) is 11.3. The second-order valence-electron chi connectivity index (χ2n) is 9.42. The van der Waals surface area contributed by atoms with Crippen molar-refractivity contribution in [1.82, 2.24) is 24.5 Å². The first kappa shape index (κ1) is 29.2. The van der Waals surface area contributed by atoms with Gasteiger partial charge in [-0.15, -0.1) is 0 Å². The van der Waals surface area contributed by atoms with Crippen LogP contribution in [0.25, 0.3) is 38.8 Å². The van der Waals surface area contributed by atoms with Crippen LogP contribution in [0.2, 0.25) is 0 Å². The molecule has 5 aromatic rings. The molecule has 6 rings (SSSR count).